The monoisotopic (exact) mass is 371 g/mol. The Morgan fingerprint density at radius 2 is 1.92 bits per heavy atom. The van der Waals surface area contributed by atoms with E-state index >= 15 is 0 Å². The molecule has 0 aliphatic carbocycles. The number of fused-ring (bicyclic) bond motifs is 1. The first-order valence-electron chi connectivity index (χ1n) is 8.17. The average molecular weight is 372 g/mol. The molecule has 6 heteroatoms. The molecule has 0 spiro atoms. The maximum absolute atomic E-state index is 12.4. The summed E-state index contributed by atoms with van der Waals surface area (Å²) in [4.78, 5) is 24.5. The van der Waals surface area contributed by atoms with Gasteiger partial charge in [-0.3, -0.25) is 4.79 Å². The summed E-state index contributed by atoms with van der Waals surface area (Å²) in [5, 5.41) is 4.03. The van der Waals surface area contributed by atoms with Gasteiger partial charge in [0.2, 0.25) is 5.76 Å². The molecule has 3 aromatic rings. The van der Waals surface area contributed by atoms with E-state index in [0.29, 0.717) is 22.7 Å². The number of nitrogens with one attached hydrogen (secondary N) is 1. The fraction of sp³-hybridized carbons (Fsp3) is 0.200. The minimum absolute atomic E-state index is 0.0741. The van der Waals surface area contributed by atoms with Gasteiger partial charge < -0.3 is 14.5 Å². The molecule has 1 heterocycles. The van der Waals surface area contributed by atoms with Crippen LogP contribution in [0.5, 0.6) is 0 Å². The van der Waals surface area contributed by atoms with Crippen LogP contribution in [0.2, 0.25) is 5.02 Å². The van der Waals surface area contributed by atoms with E-state index in [9.17, 15) is 9.59 Å². The third-order valence-electron chi connectivity index (χ3n) is 4.05. The Morgan fingerprint density at radius 3 is 2.65 bits per heavy atom. The first-order valence-corrected chi connectivity index (χ1v) is 8.55. The van der Waals surface area contributed by atoms with Crippen LogP contribution in [-0.2, 0) is 16.1 Å². The predicted octanol–water partition coefficient (Wildman–Crippen LogP) is 4.26. The number of hydrogen-bond donors (Lipinski definition) is 1. The molecule has 5 nitrogen and oxygen atoms in total. The van der Waals surface area contributed by atoms with Crippen LogP contribution in [-0.4, -0.2) is 18.0 Å². The van der Waals surface area contributed by atoms with Gasteiger partial charge >= 0.3 is 5.97 Å². The molecule has 0 aliphatic rings. The highest BCUT2D eigenvalue weighted by Gasteiger charge is 2.24. The second-order valence-electron chi connectivity index (χ2n) is 5.95. The number of hydrogen-bond acceptors (Lipinski definition) is 4. The number of furan rings is 1. The Labute approximate surface area is 155 Å². The lowest BCUT2D eigenvalue weighted by atomic mass is 10.1. The number of halogens is 1. The van der Waals surface area contributed by atoms with Crippen LogP contribution in [0.3, 0.4) is 0 Å². The first-order chi connectivity index (χ1) is 12.5. The fourth-order valence-corrected chi connectivity index (χ4v) is 2.76. The summed E-state index contributed by atoms with van der Waals surface area (Å²) in [5.74, 6) is -0.985. The number of carbonyl (C=O) groups excluding carboxylic acids is 2. The molecule has 0 radical (unpaired) electrons. The van der Waals surface area contributed by atoms with E-state index in [1.54, 1.807) is 25.1 Å². The summed E-state index contributed by atoms with van der Waals surface area (Å²) in [6.45, 7) is 3.63. The lowest BCUT2D eigenvalue weighted by Gasteiger charge is -2.13. The smallest absolute Gasteiger partial charge is 0.375 e. The molecule has 0 unspecified atom stereocenters. The summed E-state index contributed by atoms with van der Waals surface area (Å²) in [6.07, 6.45) is -0.942. The highest BCUT2D eigenvalue weighted by molar-refractivity contribution is 6.31. The molecule has 1 amide bonds. The van der Waals surface area contributed by atoms with Gasteiger partial charge in [-0.05, 0) is 37.6 Å². The van der Waals surface area contributed by atoms with Crippen LogP contribution >= 0.6 is 11.6 Å². The lowest BCUT2D eigenvalue weighted by Crippen LogP contribution is -2.35. The average Bonchev–Trinajstić information content (AvgIpc) is 2.97. The van der Waals surface area contributed by atoms with Crippen molar-refractivity contribution in [2.45, 2.75) is 26.5 Å². The van der Waals surface area contributed by atoms with E-state index in [1.807, 2.05) is 30.3 Å². The van der Waals surface area contributed by atoms with Gasteiger partial charge in [-0.15, -0.1) is 0 Å². The summed E-state index contributed by atoms with van der Waals surface area (Å²) in [6, 6.07) is 14.6. The Kier molecular flexibility index (Phi) is 5.28. The molecule has 0 bridgehead atoms. The summed E-state index contributed by atoms with van der Waals surface area (Å²) >= 11 is 5.98. The SMILES string of the molecule is Cc1c(C(=O)O[C@@H](C)C(=O)NCc2ccccc2)oc2ccc(Cl)cc12. The summed E-state index contributed by atoms with van der Waals surface area (Å²) in [5.41, 5.74) is 2.13. The van der Waals surface area contributed by atoms with Crippen molar-refractivity contribution in [3.63, 3.8) is 0 Å². The zero-order valence-corrected chi connectivity index (χ0v) is 15.2. The van der Waals surface area contributed by atoms with Gasteiger partial charge in [0.05, 0.1) is 0 Å². The Morgan fingerprint density at radius 1 is 1.19 bits per heavy atom. The van der Waals surface area contributed by atoms with Crippen molar-refractivity contribution in [1.82, 2.24) is 5.32 Å². The van der Waals surface area contributed by atoms with Gasteiger partial charge in [0, 0.05) is 22.5 Å². The molecule has 1 aromatic heterocycles. The molecule has 0 aliphatic heterocycles. The Hall–Kier alpha value is -2.79. The lowest BCUT2D eigenvalue weighted by molar-refractivity contribution is -0.129. The third kappa shape index (κ3) is 3.89. The van der Waals surface area contributed by atoms with Crippen molar-refractivity contribution in [3.8, 4) is 0 Å². The van der Waals surface area contributed by atoms with E-state index < -0.39 is 12.1 Å². The number of ether oxygens (including phenoxy) is 1. The zero-order valence-electron chi connectivity index (χ0n) is 14.4. The number of benzene rings is 2. The largest absolute Gasteiger partial charge is 0.449 e. The number of carbonyl (C=O) groups is 2. The van der Waals surface area contributed by atoms with Crippen molar-refractivity contribution in [3.05, 3.63) is 70.4 Å². The molecular weight excluding hydrogens is 354 g/mol. The van der Waals surface area contributed by atoms with E-state index in [2.05, 4.69) is 5.32 Å². The van der Waals surface area contributed by atoms with Gasteiger partial charge in [-0.1, -0.05) is 41.9 Å². The van der Waals surface area contributed by atoms with Crippen LogP contribution in [0.25, 0.3) is 11.0 Å². The van der Waals surface area contributed by atoms with Gasteiger partial charge in [-0.2, -0.15) is 0 Å². The van der Waals surface area contributed by atoms with Crippen LogP contribution < -0.4 is 5.32 Å². The van der Waals surface area contributed by atoms with Crippen molar-refractivity contribution >= 4 is 34.4 Å². The summed E-state index contributed by atoms with van der Waals surface area (Å²) < 4.78 is 10.8. The molecule has 134 valence electrons. The van der Waals surface area contributed by atoms with Crippen LogP contribution in [0, 0.1) is 6.92 Å². The highest BCUT2D eigenvalue weighted by atomic mass is 35.5. The van der Waals surface area contributed by atoms with Crippen LogP contribution in [0.1, 0.15) is 28.6 Å². The Balaban J connectivity index is 1.65. The third-order valence-corrected chi connectivity index (χ3v) is 4.28. The topological polar surface area (TPSA) is 68.5 Å². The quantitative estimate of drug-likeness (QED) is 0.680. The molecule has 1 N–H and O–H groups in total. The highest BCUT2D eigenvalue weighted by Crippen LogP contribution is 2.28. The van der Waals surface area contributed by atoms with Crippen molar-refractivity contribution in [1.29, 1.82) is 0 Å². The number of esters is 1. The van der Waals surface area contributed by atoms with Crippen molar-refractivity contribution in [2.24, 2.45) is 0 Å². The number of rotatable bonds is 5. The molecule has 0 saturated heterocycles. The molecule has 0 saturated carbocycles. The normalized spacial score (nSPS) is 12.0. The summed E-state index contributed by atoms with van der Waals surface area (Å²) in [7, 11) is 0. The number of amides is 1. The van der Waals surface area contributed by atoms with Gasteiger partial charge in [0.15, 0.2) is 6.10 Å². The second kappa shape index (κ2) is 7.62. The fourth-order valence-electron chi connectivity index (χ4n) is 2.58. The van der Waals surface area contributed by atoms with E-state index in [4.69, 9.17) is 20.8 Å². The number of aryl methyl sites for hydroxylation is 1. The molecule has 1 atom stereocenters. The molecular formula is C20H18ClNO4. The van der Waals surface area contributed by atoms with E-state index in [-0.39, 0.29) is 11.7 Å². The first kappa shape index (κ1) is 18.0. The zero-order chi connectivity index (χ0) is 18.7. The minimum atomic E-state index is -0.942. The predicted molar refractivity (Wildman–Crippen MR) is 99.1 cm³/mol. The van der Waals surface area contributed by atoms with Gasteiger partial charge in [0.25, 0.3) is 5.91 Å². The standard InChI is InChI=1S/C20H18ClNO4/c1-12-16-10-15(21)8-9-17(16)26-18(12)20(24)25-13(2)19(23)22-11-14-6-4-3-5-7-14/h3-10,13H,11H2,1-2H3,(H,22,23)/t13-/m0/s1. The van der Waals surface area contributed by atoms with Gasteiger partial charge in [-0.25, -0.2) is 4.79 Å². The van der Waals surface area contributed by atoms with Crippen LogP contribution in [0.4, 0.5) is 0 Å². The Bertz CT molecular complexity index is 949. The van der Waals surface area contributed by atoms with Crippen molar-refractivity contribution < 1.29 is 18.7 Å². The molecule has 2 aromatic carbocycles. The van der Waals surface area contributed by atoms with E-state index in [1.165, 1.54) is 6.92 Å². The maximum Gasteiger partial charge on any atom is 0.375 e. The van der Waals surface area contributed by atoms with Crippen molar-refractivity contribution in [2.75, 3.05) is 0 Å². The molecule has 0 fully saturated rings. The van der Waals surface area contributed by atoms with Crippen LogP contribution in [0.15, 0.2) is 52.9 Å². The minimum Gasteiger partial charge on any atom is -0.449 e. The molecule has 26 heavy (non-hydrogen) atoms. The second-order valence-corrected chi connectivity index (χ2v) is 6.38. The molecule has 3 rings (SSSR count). The van der Waals surface area contributed by atoms with E-state index in [0.717, 1.165) is 10.9 Å². The maximum atomic E-state index is 12.4. The van der Waals surface area contributed by atoms with Gasteiger partial charge in [0.1, 0.15) is 5.58 Å².